The van der Waals surface area contributed by atoms with Crippen molar-refractivity contribution in [1.82, 2.24) is 9.80 Å². The lowest BCUT2D eigenvalue weighted by atomic mass is 9.78. The zero-order chi connectivity index (χ0) is 26.4. The standard InChI is InChI=1S/C30H39N3O3/c1-29(2,3)23-15-21(16-24(26(23)35)30(4,5)6)25(34)18-33-17-20-11-10-19(14-22(20)27(33)31)28(36)32-12-8-7-9-13-32/h10-11,14-16,31,35H,7-9,12-13,17-18H2,1-6H3. The van der Waals surface area contributed by atoms with Gasteiger partial charge in [0.2, 0.25) is 0 Å². The molecule has 1 fully saturated rings. The molecule has 2 aliphatic rings. The van der Waals surface area contributed by atoms with E-state index in [0.29, 0.717) is 17.7 Å². The van der Waals surface area contributed by atoms with Crippen molar-refractivity contribution >= 4 is 17.5 Å². The minimum absolute atomic E-state index is 0.0216. The van der Waals surface area contributed by atoms with Crippen LogP contribution in [0, 0.1) is 5.41 Å². The molecule has 36 heavy (non-hydrogen) atoms. The number of aromatic hydroxyl groups is 1. The van der Waals surface area contributed by atoms with E-state index in [2.05, 4.69) is 0 Å². The summed E-state index contributed by atoms with van der Waals surface area (Å²) >= 11 is 0. The van der Waals surface area contributed by atoms with Crippen molar-refractivity contribution in [1.29, 1.82) is 5.41 Å². The highest BCUT2D eigenvalue weighted by Crippen LogP contribution is 2.40. The van der Waals surface area contributed by atoms with Gasteiger partial charge in [0.1, 0.15) is 11.6 Å². The Bertz CT molecular complexity index is 1180. The van der Waals surface area contributed by atoms with Crippen LogP contribution < -0.4 is 0 Å². The molecule has 192 valence electrons. The molecule has 2 aromatic rings. The van der Waals surface area contributed by atoms with Crippen LogP contribution in [0.1, 0.15) is 104 Å². The van der Waals surface area contributed by atoms with Gasteiger partial charge in [-0.25, -0.2) is 0 Å². The summed E-state index contributed by atoms with van der Waals surface area (Å²) in [7, 11) is 0. The summed E-state index contributed by atoms with van der Waals surface area (Å²) in [5, 5.41) is 19.7. The lowest BCUT2D eigenvalue weighted by Gasteiger charge is -2.28. The maximum Gasteiger partial charge on any atom is 0.253 e. The molecule has 6 nitrogen and oxygen atoms in total. The number of likely N-dealkylation sites (tertiary alicyclic amines) is 1. The Morgan fingerprint density at radius 1 is 0.889 bits per heavy atom. The number of piperidine rings is 1. The van der Waals surface area contributed by atoms with Crippen LogP contribution in [0.4, 0.5) is 0 Å². The van der Waals surface area contributed by atoms with Crippen LogP contribution in [-0.4, -0.2) is 52.1 Å². The number of hydrogen-bond donors (Lipinski definition) is 2. The fraction of sp³-hybridized carbons (Fsp3) is 0.500. The molecule has 2 heterocycles. The van der Waals surface area contributed by atoms with Gasteiger partial charge in [0.25, 0.3) is 5.91 Å². The third-order valence-corrected chi connectivity index (χ3v) is 7.32. The number of Topliss-reactive ketones (excluding diaryl/α,β-unsaturated/α-hetero) is 1. The lowest BCUT2D eigenvalue weighted by molar-refractivity contribution is 0.0724. The van der Waals surface area contributed by atoms with E-state index in [9.17, 15) is 14.7 Å². The fourth-order valence-corrected chi connectivity index (χ4v) is 5.14. The average molecular weight is 490 g/mol. The Hall–Kier alpha value is -3.15. The molecule has 0 bridgehead atoms. The predicted octanol–water partition coefficient (Wildman–Crippen LogP) is 5.64. The molecule has 0 aliphatic carbocycles. The number of nitrogens with zero attached hydrogens (tertiary/aromatic N) is 2. The van der Waals surface area contributed by atoms with Gasteiger partial charge in [-0.15, -0.1) is 0 Å². The average Bonchev–Trinajstić information content (AvgIpc) is 3.12. The minimum Gasteiger partial charge on any atom is -0.507 e. The number of phenolic OH excluding ortho intramolecular Hbond substituents is 1. The predicted molar refractivity (Wildman–Crippen MR) is 143 cm³/mol. The maximum atomic E-state index is 13.5. The zero-order valence-electron chi connectivity index (χ0n) is 22.5. The van der Waals surface area contributed by atoms with E-state index in [1.807, 2.05) is 64.6 Å². The molecule has 1 saturated heterocycles. The lowest BCUT2D eigenvalue weighted by Crippen LogP contribution is -2.35. The second-order valence-electron chi connectivity index (χ2n) is 12.3. The largest absolute Gasteiger partial charge is 0.507 e. The van der Waals surface area contributed by atoms with Crippen LogP contribution >= 0.6 is 0 Å². The van der Waals surface area contributed by atoms with Crippen molar-refractivity contribution in [3.05, 3.63) is 63.7 Å². The van der Waals surface area contributed by atoms with Gasteiger partial charge in [0.05, 0.1) is 6.54 Å². The van der Waals surface area contributed by atoms with Gasteiger partial charge in [-0.1, -0.05) is 47.6 Å². The summed E-state index contributed by atoms with van der Waals surface area (Å²) in [5.74, 6) is 0.456. The van der Waals surface area contributed by atoms with E-state index in [-0.39, 0.29) is 40.7 Å². The number of benzene rings is 2. The number of rotatable bonds is 4. The third kappa shape index (κ3) is 5.04. The van der Waals surface area contributed by atoms with Crippen LogP contribution in [0.3, 0.4) is 0 Å². The van der Waals surface area contributed by atoms with Gasteiger partial charge in [-0.3, -0.25) is 15.0 Å². The number of carbonyl (C=O) groups excluding carboxylic acids is 2. The second-order valence-corrected chi connectivity index (χ2v) is 12.3. The smallest absolute Gasteiger partial charge is 0.253 e. The summed E-state index contributed by atoms with van der Waals surface area (Å²) in [5.41, 5.74) is 3.69. The number of hydrogen-bond acceptors (Lipinski definition) is 4. The van der Waals surface area contributed by atoms with Gasteiger partial charge >= 0.3 is 0 Å². The van der Waals surface area contributed by atoms with Crippen LogP contribution in [0.15, 0.2) is 30.3 Å². The van der Waals surface area contributed by atoms with Crippen LogP contribution in [0.25, 0.3) is 0 Å². The fourth-order valence-electron chi connectivity index (χ4n) is 5.14. The van der Waals surface area contributed by atoms with Crippen molar-refractivity contribution in [2.75, 3.05) is 19.6 Å². The first kappa shape index (κ1) is 25.9. The molecule has 6 heteroatoms. The Kier molecular flexibility index (Phi) is 6.76. The molecule has 2 aliphatic heterocycles. The number of amides is 1. The Morgan fingerprint density at radius 3 is 2.03 bits per heavy atom. The van der Waals surface area contributed by atoms with Crippen LogP contribution in [0.5, 0.6) is 5.75 Å². The van der Waals surface area contributed by atoms with E-state index < -0.39 is 0 Å². The van der Waals surface area contributed by atoms with Crippen molar-refractivity contribution in [2.45, 2.75) is 78.2 Å². The van der Waals surface area contributed by atoms with E-state index in [1.54, 1.807) is 17.0 Å². The van der Waals surface area contributed by atoms with Gasteiger partial charge in [0, 0.05) is 47.5 Å². The Morgan fingerprint density at radius 2 is 1.47 bits per heavy atom. The summed E-state index contributed by atoms with van der Waals surface area (Å²) in [6.07, 6.45) is 3.23. The topological polar surface area (TPSA) is 84.7 Å². The summed E-state index contributed by atoms with van der Waals surface area (Å²) in [6.45, 7) is 14.3. The summed E-state index contributed by atoms with van der Waals surface area (Å²) in [4.78, 5) is 30.1. The molecule has 0 spiro atoms. The van der Waals surface area contributed by atoms with Gasteiger partial charge in [0.15, 0.2) is 5.78 Å². The maximum absolute atomic E-state index is 13.5. The first-order valence-electron chi connectivity index (χ1n) is 12.9. The van der Waals surface area contributed by atoms with Crippen molar-refractivity contribution < 1.29 is 14.7 Å². The normalized spacial score (nSPS) is 16.3. The molecule has 0 radical (unpaired) electrons. The first-order valence-corrected chi connectivity index (χ1v) is 12.9. The molecule has 0 saturated carbocycles. The molecule has 2 N–H and O–H groups in total. The molecular formula is C30H39N3O3. The van der Waals surface area contributed by atoms with Crippen LogP contribution in [-0.2, 0) is 17.4 Å². The number of fused-ring (bicyclic) bond motifs is 1. The zero-order valence-corrected chi connectivity index (χ0v) is 22.5. The van der Waals surface area contributed by atoms with E-state index in [1.165, 1.54) is 0 Å². The van der Waals surface area contributed by atoms with Crippen molar-refractivity contribution in [3.8, 4) is 5.75 Å². The highest BCUT2D eigenvalue weighted by Gasteiger charge is 2.31. The van der Waals surface area contributed by atoms with Gasteiger partial charge in [-0.05, 0) is 59.9 Å². The number of nitrogens with one attached hydrogen (secondary N) is 1. The summed E-state index contributed by atoms with van der Waals surface area (Å²) in [6, 6.07) is 9.18. The first-order chi connectivity index (χ1) is 16.8. The second kappa shape index (κ2) is 9.38. The third-order valence-electron chi connectivity index (χ3n) is 7.32. The number of carbonyl (C=O) groups is 2. The Labute approximate surface area is 214 Å². The van der Waals surface area contributed by atoms with E-state index in [4.69, 9.17) is 5.41 Å². The molecule has 0 atom stereocenters. The molecule has 1 amide bonds. The van der Waals surface area contributed by atoms with Crippen molar-refractivity contribution in [3.63, 3.8) is 0 Å². The SMILES string of the molecule is CC(C)(C)c1cc(C(=O)CN2Cc3ccc(C(=O)N4CCCCC4)cc3C2=N)cc(C(C)(C)C)c1O. The van der Waals surface area contributed by atoms with E-state index in [0.717, 1.165) is 54.6 Å². The minimum atomic E-state index is -0.325. The van der Waals surface area contributed by atoms with Crippen LogP contribution in [0.2, 0.25) is 0 Å². The molecule has 0 unspecified atom stereocenters. The van der Waals surface area contributed by atoms with Gasteiger partial charge in [-0.2, -0.15) is 0 Å². The molecular weight excluding hydrogens is 450 g/mol. The Balaban J connectivity index is 1.57. The highest BCUT2D eigenvalue weighted by atomic mass is 16.3. The summed E-state index contributed by atoms with van der Waals surface area (Å²) < 4.78 is 0. The number of amidine groups is 1. The number of ketones is 1. The monoisotopic (exact) mass is 489 g/mol. The molecule has 2 aromatic carbocycles. The molecule has 0 aromatic heterocycles. The molecule has 4 rings (SSSR count). The van der Waals surface area contributed by atoms with Crippen molar-refractivity contribution in [2.24, 2.45) is 0 Å². The highest BCUT2D eigenvalue weighted by molar-refractivity contribution is 6.07. The van der Waals surface area contributed by atoms with Gasteiger partial charge < -0.3 is 14.9 Å². The number of phenols is 1. The van der Waals surface area contributed by atoms with E-state index >= 15 is 0 Å². The quantitative estimate of drug-likeness (QED) is 0.545.